The number of hydrogen-bond donors (Lipinski definition) is 2. The Morgan fingerprint density at radius 2 is 2.15 bits per heavy atom. The topological polar surface area (TPSA) is 75.6 Å². The van der Waals surface area contributed by atoms with Crippen LogP contribution in [-0.4, -0.2) is 29.7 Å². The molecule has 1 heterocycles. The van der Waals surface area contributed by atoms with Gasteiger partial charge in [0.1, 0.15) is 0 Å². The van der Waals surface area contributed by atoms with E-state index in [-0.39, 0.29) is 39.7 Å². The molecule has 1 saturated heterocycles. The number of halogens is 2. The van der Waals surface area contributed by atoms with Crippen LogP contribution in [0.3, 0.4) is 0 Å². The van der Waals surface area contributed by atoms with E-state index in [0.717, 1.165) is 12.8 Å². The van der Waals surface area contributed by atoms with Gasteiger partial charge in [0.2, 0.25) is 5.91 Å². The van der Waals surface area contributed by atoms with Gasteiger partial charge in [0.25, 0.3) is 0 Å². The zero-order chi connectivity index (χ0) is 14.7. The maximum atomic E-state index is 11.9. The van der Waals surface area contributed by atoms with E-state index >= 15 is 0 Å². The number of nitrogens with one attached hydrogen (secondary N) is 1. The van der Waals surface area contributed by atoms with Crippen LogP contribution in [0.5, 0.6) is 0 Å². The molecule has 0 bridgehead atoms. The average Bonchev–Trinajstić information content (AvgIpc) is 2.84. The molecule has 1 atom stereocenters. The van der Waals surface area contributed by atoms with Crippen molar-refractivity contribution in [2.24, 2.45) is 0 Å². The molecule has 1 aliphatic heterocycles. The molecular weight excluding hydrogens is 305 g/mol. The summed E-state index contributed by atoms with van der Waals surface area (Å²) in [6, 6.07) is 2.63. The van der Waals surface area contributed by atoms with Crippen molar-refractivity contribution in [2.45, 2.75) is 25.4 Å². The van der Waals surface area contributed by atoms with Crippen LogP contribution >= 0.6 is 23.2 Å². The number of ether oxygens (including phenoxy) is 1. The van der Waals surface area contributed by atoms with Gasteiger partial charge in [0, 0.05) is 11.6 Å². The van der Waals surface area contributed by atoms with Crippen LogP contribution in [0.1, 0.15) is 29.6 Å². The van der Waals surface area contributed by atoms with Gasteiger partial charge < -0.3 is 15.2 Å². The number of rotatable bonds is 4. The summed E-state index contributed by atoms with van der Waals surface area (Å²) >= 11 is 11.7. The van der Waals surface area contributed by atoms with Crippen LogP contribution in [0.4, 0.5) is 5.69 Å². The average molecular weight is 318 g/mol. The van der Waals surface area contributed by atoms with Crippen molar-refractivity contribution in [1.82, 2.24) is 0 Å². The quantitative estimate of drug-likeness (QED) is 0.894. The van der Waals surface area contributed by atoms with Gasteiger partial charge >= 0.3 is 5.97 Å². The zero-order valence-corrected chi connectivity index (χ0v) is 12.0. The summed E-state index contributed by atoms with van der Waals surface area (Å²) in [5.74, 6) is -1.54. The fraction of sp³-hybridized carbons (Fsp3) is 0.385. The Labute approximate surface area is 125 Å². The van der Waals surface area contributed by atoms with Crippen molar-refractivity contribution in [3.63, 3.8) is 0 Å². The molecule has 2 rings (SSSR count). The van der Waals surface area contributed by atoms with E-state index in [9.17, 15) is 9.59 Å². The van der Waals surface area contributed by atoms with Crippen molar-refractivity contribution in [1.29, 1.82) is 0 Å². The molecule has 1 aromatic carbocycles. The van der Waals surface area contributed by atoms with E-state index in [1.54, 1.807) is 0 Å². The lowest BCUT2D eigenvalue weighted by Crippen LogP contribution is -2.20. The predicted molar refractivity (Wildman–Crippen MR) is 75.6 cm³/mol. The zero-order valence-electron chi connectivity index (χ0n) is 10.5. The molecular formula is C13H13Cl2NO4. The van der Waals surface area contributed by atoms with Crippen molar-refractivity contribution in [2.75, 3.05) is 11.9 Å². The van der Waals surface area contributed by atoms with E-state index in [4.69, 9.17) is 33.0 Å². The van der Waals surface area contributed by atoms with Crippen LogP contribution in [0.25, 0.3) is 0 Å². The largest absolute Gasteiger partial charge is 0.478 e. The normalized spacial score (nSPS) is 18.0. The molecule has 108 valence electrons. The first-order chi connectivity index (χ1) is 9.47. The number of benzene rings is 1. The summed E-state index contributed by atoms with van der Waals surface area (Å²) in [5, 5.41) is 11.9. The fourth-order valence-electron chi connectivity index (χ4n) is 2.07. The monoisotopic (exact) mass is 317 g/mol. The lowest BCUT2D eigenvalue weighted by Gasteiger charge is -2.13. The number of amides is 1. The minimum absolute atomic E-state index is 0.0616. The van der Waals surface area contributed by atoms with Crippen LogP contribution < -0.4 is 5.32 Å². The molecule has 0 radical (unpaired) electrons. The highest BCUT2D eigenvalue weighted by Crippen LogP contribution is 2.30. The molecule has 20 heavy (non-hydrogen) atoms. The van der Waals surface area contributed by atoms with E-state index < -0.39 is 5.97 Å². The fourth-order valence-corrected chi connectivity index (χ4v) is 2.61. The summed E-state index contributed by atoms with van der Waals surface area (Å²) in [6.45, 7) is 0.653. The van der Waals surface area contributed by atoms with Gasteiger partial charge in [0.05, 0.1) is 28.8 Å². The number of carboxylic acids is 1. The van der Waals surface area contributed by atoms with Crippen LogP contribution in [-0.2, 0) is 9.53 Å². The number of hydrogen-bond acceptors (Lipinski definition) is 3. The minimum atomic E-state index is -1.21. The third kappa shape index (κ3) is 3.62. The number of anilines is 1. The molecule has 1 unspecified atom stereocenters. The molecule has 0 aliphatic carbocycles. The lowest BCUT2D eigenvalue weighted by molar-refractivity contribution is -0.118. The highest BCUT2D eigenvalue weighted by molar-refractivity contribution is 6.37. The highest BCUT2D eigenvalue weighted by Gasteiger charge is 2.22. The van der Waals surface area contributed by atoms with Gasteiger partial charge in [-0.1, -0.05) is 23.2 Å². The van der Waals surface area contributed by atoms with E-state index in [1.807, 2.05) is 0 Å². The summed E-state index contributed by atoms with van der Waals surface area (Å²) < 4.78 is 5.36. The molecule has 0 aromatic heterocycles. The Morgan fingerprint density at radius 1 is 1.40 bits per heavy atom. The van der Waals surface area contributed by atoms with Crippen molar-refractivity contribution in [3.8, 4) is 0 Å². The van der Waals surface area contributed by atoms with Gasteiger partial charge in [-0.05, 0) is 25.0 Å². The van der Waals surface area contributed by atoms with Crippen molar-refractivity contribution in [3.05, 3.63) is 27.7 Å². The second kappa shape index (κ2) is 6.43. The highest BCUT2D eigenvalue weighted by atomic mass is 35.5. The second-order valence-electron chi connectivity index (χ2n) is 4.50. The number of aromatic carboxylic acids is 1. The third-order valence-electron chi connectivity index (χ3n) is 2.99. The molecule has 5 nitrogen and oxygen atoms in total. The Balaban J connectivity index is 2.15. The first kappa shape index (κ1) is 15.1. The maximum absolute atomic E-state index is 11.9. The van der Waals surface area contributed by atoms with Crippen LogP contribution in [0.15, 0.2) is 12.1 Å². The SMILES string of the molecule is O=C(CC1CCCO1)Nc1c(Cl)cc(Cl)cc1C(=O)O. The van der Waals surface area contributed by atoms with Gasteiger partial charge in [0.15, 0.2) is 0 Å². The van der Waals surface area contributed by atoms with Gasteiger partial charge in [-0.15, -0.1) is 0 Å². The Kier molecular flexibility index (Phi) is 4.86. The number of carbonyl (C=O) groups excluding carboxylic acids is 1. The van der Waals surface area contributed by atoms with Gasteiger partial charge in [-0.25, -0.2) is 4.79 Å². The number of carboxylic acid groups (broad SMARTS) is 1. The predicted octanol–water partition coefficient (Wildman–Crippen LogP) is 3.20. The Bertz CT molecular complexity index is 541. The Morgan fingerprint density at radius 3 is 2.75 bits per heavy atom. The smallest absolute Gasteiger partial charge is 0.337 e. The van der Waals surface area contributed by atoms with Crippen LogP contribution in [0, 0.1) is 0 Å². The van der Waals surface area contributed by atoms with Gasteiger partial charge in [-0.2, -0.15) is 0 Å². The molecule has 0 saturated carbocycles. The van der Waals surface area contributed by atoms with Crippen LogP contribution in [0.2, 0.25) is 10.0 Å². The number of carbonyl (C=O) groups is 2. The van der Waals surface area contributed by atoms with Crippen molar-refractivity contribution < 1.29 is 19.4 Å². The molecule has 1 amide bonds. The summed E-state index contributed by atoms with van der Waals surface area (Å²) in [5.41, 5.74) is -0.0743. The van der Waals surface area contributed by atoms with Gasteiger partial charge in [-0.3, -0.25) is 4.79 Å². The van der Waals surface area contributed by atoms with E-state index in [2.05, 4.69) is 5.32 Å². The third-order valence-corrected chi connectivity index (χ3v) is 3.50. The maximum Gasteiger partial charge on any atom is 0.337 e. The first-order valence-corrected chi connectivity index (χ1v) is 6.86. The Hall–Kier alpha value is -1.30. The van der Waals surface area contributed by atoms with E-state index in [0.29, 0.717) is 6.61 Å². The van der Waals surface area contributed by atoms with E-state index in [1.165, 1.54) is 12.1 Å². The summed E-state index contributed by atoms with van der Waals surface area (Å²) in [7, 11) is 0. The summed E-state index contributed by atoms with van der Waals surface area (Å²) in [4.78, 5) is 23.1. The second-order valence-corrected chi connectivity index (χ2v) is 5.35. The molecule has 1 fully saturated rings. The molecule has 7 heteroatoms. The minimum Gasteiger partial charge on any atom is -0.478 e. The standard InChI is InChI=1S/C13H13Cl2NO4/c14-7-4-9(13(18)19)12(10(15)5-7)16-11(17)6-8-2-1-3-20-8/h4-5,8H,1-3,6H2,(H,16,17)(H,18,19). The molecule has 1 aliphatic rings. The molecule has 1 aromatic rings. The lowest BCUT2D eigenvalue weighted by atomic mass is 10.1. The molecule has 0 spiro atoms. The summed E-state index contributed by atoms with van der Waals surface area (Å²) in [6.07, 6.45) is 1.82. The first-order valence-electron chi connectivity index (χ1n) is 6.11. The van der Waals surface area contributed by atoms with Crippen molar-refractivity contribution >= 4 is 40.8 Å². The molecule has 2 N–H and O–H groups in total.